The van der Waals surface area contributed by atoms with E-state index in [1.54, 1.807) is 12.3 Å². The number of halogens is 1. The van der Waals surface area contributed by atoms with Crippen LogP contribution in [0.2, 0.25) is 0 Å². The third-order valence-corrected chi connectivity index (χ3v) is 1.44. The second-order valence-electron chi connectivity index (χ2n) is 2.07. The highest BCUT2D eigenvalue weighted by molar-refractivity contribution is 5.88. The van der Waals surface area contributed by atoms with Gasteiger partial charge in [0.05, 0.1) is 7.11 Å². The van der Waals surface area contributed by atoms with Gasteiger partial charge in [0.25, 0.3) is 0 Å². The fourth-order valence-electron chi connectivity index (χ4n) is 0.864. The number of methoxy groups -OCH3 is 1. The number of esters is 1. The number of aromatic nitrogens is 1. The summed E-state index contributed by atoms with van der Waals surface area (Å²) >= 11 is 0. The highest BCUT2D eigenvalue weighted by atomic mass is 35.5. The predicted molar refractivity (Wildman–Crippen MR) is 47.3 cm³/mol. The molecule has 12 heavy (non-hydrogen) atoms. The van der Waals surface area contributed by atoms with Crippen LogP contribution in [-0.2, 0) is 11.3 Å². The summed E-state index contributed by atoms with van der Waals surface area (Å²) < 4.78 is 4.51. The van der Waals surface area contributed by atoms with Crippen molar-refractivity contribution in [1.29, 1.82) is 0 Å². The molecule has 0 saturated heterocycles. The molecule has 5 heteroatoms. The van der Waals surface area contributed by atoms with E-state index in [2.05, 4.69) is 9.72 Å². The van der Waals surface area contributed by atoms with E-state index < -0.39 is 0 Å². The number of hydrogen-bond donors (Lipinski definition) is 2. The number of aromatic amines is 1. The van der Waals surface area contributed by atoms with Gasteiger partial charge < -0.3 is 15.5 Å². The van der Waals surface area contributed by atoms with Crippen molar-refractivity contribution in [2.75, 3.05) is 7.11 Å². The van der Waals surface area contributed by atoms with E-state index in [4.69, 9.17) is 5.73 Å². The van der Waals surface area contributed by atoms with E-state index in [9.17, 15) is 4.79 Å². The number of carbonyl (C=O) groups is 1. The molecule has 0 amide bonds. The molecule has 68 valence electrons. The highest BCUT2D eigenvalue weighted by Gasteiger charge is 2.10. The molecule has 0 aliphatic heterocycles. The summed E-state index contributed by atoms with van der Waals surface area (Å²) in [5, 5.41) is 0. The Morgan fingerprint density at radius 2 is 2.42 bits per heavy atom. The molecule has 0 fully saturated rings. The van der Waals surface area contributed by atoms with Crippen LogP contribution in [0.25, 0.3) is 0 Å². The van der Waals surface area contributed by atoms with Crippen LogP contribution in [0.1, 0.15) is 16.1 Å². The topological polar surface area (TPSA) is 68.1 Å². The Morgan fingerprint density at radius 1 is 1.75 bits per heavy atom. The van der Waals surface area contributed by atoms with Crippen LogP contribution in [0.3, 0.4) is 0 Å². The maximum atomic E-state index is 10.9. The summed E-state index contributed by atoms with van der Waals surface area (Å²) in [6.07, 6.45) is 1.66. The van der Waals surface area contributed by atoms with E-state index in [1.807, 2.05) is 0 Å². The van der Waals surface area contributed by atoms with Gasteiger partial charge in [0.15, 0.2) is 0 Å². The lowest BCUT2D eigenvalue weighted by Gasteiger charge is -1.97. The first-order chi connectivity index (χ1) is 5.29. The Balaban J connectivity index is 0.00000121. The molecule has 0 radical (unpaired) electrons. The number of nitrogens with one attached hydrogen (secondary N) is 1. The van der Waals surface area contributed by atoms with Gasteiger partial charge in [0.1, 0.15) is 5.69 Å². The van der Waals surface area contributed by atoms with Gasteiger partial charge >= 0.3 is 5.97 Å². The quantitative estimate of drug-likeness (QED) is 0.674. The Bertz CT molecular complexity index is 260. The van der Waals surface area contributed by atoms with Crippen LogP contribution < -0.4 is 5.73 Å². The molecule has 0 aliphatic carbocycles. The van der Waals surface area contributed by atoms with E-state index in [0.29, 0.717) is 12.2 Å². The van der Waals surface area contributed by atoms with Gasteiger partial charge in [-0.3, -0.25) is 0 Å². The first-order valence-corrected chi connectivity index (χ1v) is 3.24. The summed E-state index contributed by atoms with van der Waals surface area (Å²) in [5.41, 5.74) is 6.57. The van der Waals surface area contributed by atoms with Crippen LogP contribution in [0, 0.1) is 0 Å². The monoisotopic (exact) mass is 190 g/mol. The molecule has 0 spiro atoms. The third-order valence-electron chi connectivity index (χ3n) is 1.44. The standard InChI is InChI=1S/C7H10N2O2.ClH/c1-11-7(10)6-5(4-8)2-3-9-6;/h2-3,9H,4,8H2,1H3;1H. The maximum Gasteiger partial charge on any atom is 0.354 e. The molecule has 3 N–H and O–H groups in total. The minimum atomic E-state index is -0.379. The summed E-state index contributed by atoms with van der Waals surface area (Å²) in [6.45, 7) is 0.341. The van der Waals surface area contributed by atoms with Crippen molar-refractivity contribution in [2.45, 2.75) is 6.54 Å². The zero-order valence-electron chi connectivity index (χ0n) is 6.66. The van der Waals surface area contributed by atoms with Crippen molar-refractivity contribution in [3.05, 3.63) is 23.5 Å². The van der Waals surface area contributed by atoms with Crippen LogP contribution in [-0.4, -0.2) is 18.1 Å². The molecular formula is C7H11ClN2O2. The number of nitrogens with two attached hydrogens (primary N) is 1. The molecule has 1 aromatic heterocycles. The molecule has 1 aromatic rings. The van der Waals surface area contributed by atoms with Crippen molar-refractivity contribution < 1.29 is 9.53 Å². The normalized spacial score (nSPS) is 8.83. The average molecular weight is 191 g/mol. The maximum absolute atomic E-state index is 10.9. The van der Waals surface area contributed by atoms with Gasteiger partial charge in [-0.2, -0.15) is 0 Å². The molecule has 0 saturated carbocycles. The second-order valence-corrected chi connectivity index (χ2v) is 2.07. The summed E-state index contributed by atoms with van der Waals surface area (Å²) in [7, 11) is 1.34. The van der Waals surface area contributed by atoms with Gasteiger partial charge in [-0.05, 0) is 11.6 Å². The number of rotatable bonds is 2. The van der Waals surface area contributed by atoms with Crippen LogP contribution in [0.5, 0.6) is 0 Å². The molecule has 0 unspecified atom stereocenters. The van der Waals surface area contributed by atoms with Crippen molar-refractivity contribution in [2.24, 2.45) is 5.73 Å². The fourth-order valence-corrected chi connectivity index (χ4v) is 0.864. The molecule has 0 aliphatic rings. The Labute approximate surface area is 76.5 Å². The minimum absolute atomic E-state index is 0. The van der Waals surface area contributed by atoms with Crippen molar-refractivity contribution in [1.82, 2.24) is 4.98 Å². The summed E-state index contributed by atoms with van der Waals surface area (Å²) in [5.74, 6) is -0.379. The molecule has 0 aromatic carbocycles. The van der Waals surface area contributed by atoms with Gasteiger partial charge in [-0.25, -0.2) is 4.79 Å². The number of carbonyl (C=O) groups excluding carboxylic acids is 1. The van der Waals surface area contributed by atoms with E-state index in [0.717, 1.165) is 5.56 Å². The van der Waals surface area contributed by atoms with E-state index in [1.165, 1.54) is 7.11 Å². The SMILES string of the molecule is COC(=O)c1[nH]ccc1CN.Cl. The zero-order chi connectivity index (χ0) is 8.27. The van der Waals surface area contributed by atoms with Crippen LogP contribution in [0.15, 0.2) is 12.3 Å². The molecule has 0 bridgehead atoms. The second kappa shape index (κ2) is 4.79. The number of hydrogen-bond acceptors (Lipinski definition) is 3. The Morgan fingerprint density at radius 3 is 2.92 bits per heavy atom. The van der Waals surface area contributed by atoms with Crippen molar-refractivity contribution in [3.63, 3.8) is 0 Å². The van der Waals surface area contributed by atoms with E-state index >= 15 is 0 Å². The smallest absolute Gasteiger partial charge is 0.354 e. The fraction of sp³-hybridized carbons (Fsp3) is 0.286. The largest absolute Gasteiger partial charge is 0.464 e. The lowest BCUT2D eigenvalue weighted by molar-refractivity contribution is 0.0593. The van der Waals surface area contributed by atoms with Crippen molar-refractivity contribution >= 4 is 18.4 Å². The van der Waals surface area contributed by atoms with Crippen LogP contribution in [0.4, 0.5) is 0 Å². The minimum Gasteiger partial charge on any atom is -0.464 e. The van der Waals surface area contributed by atoms with Gasteiger partial charge in [0.2, 0.25) is 0 Å². The molecule has 1 rings (SSSR count). The van der Waals surface area contributed by atoms with Gasteiger partial charge in [-0.15, -0.1) is 12.4 Å². The summed E-state index contributed by atoms with van der Waals surface area (Å²) in [6, 6.07) is 1.76. The highest BCUT2D eigenvalue weighted by Crippen LogP contribution is 2.06. The lowest BCUT2D eigenvalue weighted by atomic mass is 10.2. The third kappa shape index (κ3) is 1.99. The Kier molecular flexibility index (Phi) is 4.39. The first kappa shape index (κ1) is 11.0. The number of H-pyrrole nitrogens is 1. The van der Waals surface area contributed by atoms with E-state index in [-0.39, 0.29) is 18.4 Å². The van der Waals surface area contributed by atoms with Gasteiger partial charge in [-0.1, -0.05) is 0 Å². The number of ether oxygens (including phenoxy) is 1. The lowest BCUT2D eigenvalue weighted by Crippen LogP contribution is -2.07. The van der Waals surface area contributed by atoms with Crippen LogP contribution >= 0.6 is 12.4 Å². The molecule has 4 nitrogen and oxygen atoms in total. The molecule has 0 atom stereocenters. The van der Waals surface area contributed by atoms with Gasteiger partial charge in [0, 0.05) is 12.7 Å². The molecular weight excluding hydrogens is 180 g/mol. The average Bonchev–Trinajstić information content (AvgIpc) is 2.50. The molecule has 1 heterocycles. The first-order valence-electron chi connectivity index (χ1n) is 3.24. The zero-order valence-corrected chi connectivity index (χ0v) is 7.48. The van der Waals surface area contributed by atoms with Crippen molar-refractivity contribution in [3.8, 4) is 0 Å². The summed E-state index contributed by atoms with van der Waals surface area (Å²) in [4.78, 5) is 13.7. The Hall–Kier alpha value is -1.00. The predicted octanol–water partition coefficient (Wildman–Crippen LogP) is 0.682.